The minimum Gasteiger partial charge on any atom is -0.392 e. The van der Waals surface area contributed by atoms with E-state index in [1.807, 2.05) is 18.3 Å². The van der Waals surface area contributed by atoms with Gasteiger partial charge in [0.2, 0.25) is 0 Å². The first-order chi connectivity index (χ1) is 8.99. The molecule has 102 valence electrons. The van der Waals surface area contributed by atoms with Gasteiger partial charge in [-0.3, -0.25) is 9.20 Å². The van der Waals surface area contributed by atoms with Gasteiger partial charge in [0.25, 0.3) is 5.91 Å². The molecule has 0 aromatic carbocycles. The molecule has 1 unspecified atom stereocenters. The summed E-state index contributed by atoms with van der Waals surface area (Å²) in [6.45, 7) is 6.07. The van der Waals surface area contributed by atoms with Crippen LogP contribution >= 0.6 is 0 Å². The quantitative estimate of drug-likeness (QED) is 0.878. The minimum absolute atomic E-state index is 0.227. The Kier molecular flexibility index (Phi) is 3.85. The Bertz CT molecular complexity index is 587. The fourth-order valence-electron chi connectivity index (χ4n) is 1.84. The molecule has 2 rings (SSSR count). The van der Waals surface area contributed by atoms with Crippen LogP contribution in [0.25, 0.3) is 5.65 Å². The normalized spacial score (nSPS) is 12.9. The summed E-state index contributed by atoms with van der Waals surface area (Å²) in [5.74, 6) is 0.162. The molecule has 0 fully saturated rings. The van der Waals surface area contributed by atoms with Gasteiger partial charge in [-0.25, -0.2) is 4.98 Å². The molecule has 5 heteroatoms. The summed E-state index contributed by atoms with van der Waals surface area (Å²) in [5.41, 5.74) is 2.37. The van der Waals surface area contributed by atoms with Crippen molar-refractivity contribution < 1.29 is 9.90 Å². The van der Waals surface area contributed by atoms with E-state index in [1.54, 1.807) is 17.5 Å². The summed E-state index contributed by atoms with van der Waals surface area (Å²) >= 11 is 0. The summed E-state index contributed by atoms with van der Waals surface area (Å²) < 4.78 is 1.78. The molecule has 0 aliphatic carbocycles. The van der Waals surface area contributed by atoms with Crippen LogP contribution in [0.5, 0.6) is 0 Å². The molecule has 0 bridgehead atoms. The fourth-order valence-corrected chi connectivity index (χ4v) is 1.84. The van der Waals surface area contributed by atoms with Crippen LogP contribution in [0.2, 0.25) is 0 Å². The maximum atomic E-state index is 12.0. The van der Waals surface area contributed by atoms with Gasteiger partial charge in [-0.2, -0.15) is 0 Å². The molecule has 0 saturated carbocycles. The van der Waals surface area contributed by atoms with E-state index < -0.39 is 6.10 Å². The number of imidazole rings is 1. The first-order valence-corrected chi connectivity index (χ1v) is 6.42. The van der Waals surface area contributed by atoms with Crippen molar-refractivity contribution in [3.8, 4) is 0 Å². The van der Waals surface area contributed by atoms with Crippen LogP contribution in [-0.4, -0.2) is 33.0 Å². The molecule has 2 heterocycles. The fraction of sp³-hybridized carbons (Fsp3) is 0.429. The second-order valence-electron chi connectivity index (χ2n) is 5.05. The third-order valence-electron chi connectivity index (χ3n) is 2.99. The minimum atomic E-state index is -0.561. The molecule has 0 radical (unpaired) electrons. The largest absolute Gasteiger partial charge is 0.392 e. The summed E-state index contributed by atoms with van der Waals surface area (Å²) in [5, 5.41) is 11.9. The third kappa shape index (κ3) is 2.93. The number of amides is 1. The molecule has 0 saturated heterocycles. The van der Waals surface area contributed by atoms with Gasteiger partial charge in [-0.15, -0.1) is 0 Å². The number of hydrogen-bond acceptors (Lipinski definition) is 3. The molecule has 2 aromatic heterocycles. The van der Waals surface area contributed by atoms with E-state index in [-0.39, 0.29) is 12.5 Å². The number of aliphatic hydroxyl groups excluding tert-OH is 1. The first-order valence-electron chi connectivity index (χ1n) is 6.42. The van der Waals surface area contributed by atoms with Gasteiger partial charge in [-0.1, -0.05) is 19.9 Å². The highest BCUT2D eigenvalue weighted by atomic mass is 16.3. The first kappa shape index (κ1) is 13.5. The molecule has 19 heavy (non-hydrogen) atoms. The highest BCUT2D eigenvalue weighted by Gasteiger charge is 2.13. The van der Waals surface area contributed by atoms with E-state index in [2.05, 4.69) is 24.1 Å². The zero-order valence-corrected chi connectivity index (χ0v) is 11.4. The number of carbonyl (C=O) groups is 1. The van der Waals surface area contributed by atoms with Crippen molar-refractivity contribution in [1.82, 2.24) is 14.7 Å². The predicted octanol–water partition coefficient (Wildman–Crippen LogP) is 1.57. The lowest BCUT2D eigenvalue weighted by Crippen LogP contribution is -2.31. The zero-order valence-electron chi connectivity index (χ0n) is 11.4. The number of pyridine rings is 1. The van der Waals surface area contributed by atoms with Crippen molar-refractivity contribution in [2.45, 2.75) is 32.8 Å². The Balaban J connectivity index is 2.32. The van der Waals surface area contributed by atoms with Crippen LogP contribution in [0, 0.1) is 0 Å². The van der Waals surface area contributed by atoms with E-state index in [0.29, 0.717) is 11.6 Å². The van der Waals surface area contributed by atoms with E-state index in [1.165, 1.54) is 0 Å². The molecule has 0 aliphatic rings. The number of nitrogens with zero attached hydrogens (tertiary/aromatic N) is 2. The van der Waals surface area contributed by atoms with Gasteiger partial charge in [-0.05, 0) is 24.5 Å². The van der Waals surface area contributed by atoms with Crippen LogP contribution in [-0.2, 0) is 0 Å². The van der Waals surface area contributed by atoms with Crippen molar-refractivity contribution in [2.75, 3.05) is 6.54 Å². The number of fused-ring (bicyclic) bond motifs is 1. The molecule has 0 aliphatic heterocycles. The molecular formula is C14H19N3O2. The number of hydrogen-bond donors (Lipinski definition) is 2. The monoisotopic (exact) mass is 261 g/mol. The second kappa shape index (κ2) is 5.40. The Morgan fingerprint density at radius 3 is 2.79 bits per heavy atom. The lowest BCUT2D eigenvalue weighted by Gasteiger charge is -2.09. The van der Waals surface area contributed by atoms with Crippen molar-refractivity contribution in [1.29, 1.82) is 0 Å². The van der Waals surface area contributed by atoms with Gasteiger partial charge in [0.1, 0.15) is 11.3 Å². The van der Waals surface area contributed by atoms with E-state index >= 15 is 0 Å². The molecule has 0 spiro atoms. The Morgan fingerprint density at radius 1 is 1.42 bits per heavy atom. The summed E-state index contributed by atoms with van der Waals surface area (Å²) in [6, 6.07) is 3.92. The number of aromatic nitrogens is 2. The van der Waals surface area contributed by atoms with Gasteiger partial charge in [0, 0.05) is 12.7 Å². The molecular weight excluding hydrogens is 242 g/mol. The van der Waals surface area contributed by atoms with Crippen LogP contribution in [0.1, 0.15) is 42.7 Å². The Morgan fingerprint density at radius 2 is 2.16 bits per heavy atom. The molecule has 2 aromatic rings. The number of carbonyl (C=O) groups excluding carboxylic acids is 1. The standard InChI is InChI=1S/C14H19N3O2/c1-9(2)11-4-5-13-15-7-12(17(13)8-11)14(19)16-6-10(3)18/h4-5,7-10,18H,6H2,1-3H3,(H,16,19). The topological polar surface area (TPSA) is 66.6 Å². The Labute approximate surface area is 112 Å². The summed E-state index contributed by atoms with van der Waals surface area (Å²) in [7, 11) is 0. The van der Waals surface area contributed by atoms with E-state index in [9.17, 15) is 9.90 Å². The Hall–Kier alpha value is -1.88. The van der Waals surface area contributed by atoms with E-state index in [4.69, 9.17) is 0 Å². The predicted molar refractivity (Wildman–Crippen MR) is 73.3 cm³/mol. The second-order valence-corrected chi connectivity index (χ2v) is 5.05. The lowest BCUT2D eigenvalue weighted by atomic mass is 10.1. The van der Waals surface area contributed by atoms with Crippen LogP contribution < -0.4 is 5.32 Å². The summed E-state index contributed by atoms with van der Waals surface area (Å²) in [4.78, 5) is 16.2. The van der Waals surface area contributed by atoms with Crippen molar-refractivity contribution in [3.05, 3.63) is 35.8 Å². The lowest BCUT2D eigenvalue weighted by molar-refractivity contribution is 0.0918. The zero-order chi connectivity index (χ0) is 14.0. The highest BCUT2D eigenvalue weighted by Crippen LogP contribution is 2.16. The van der Waals surface area contributed by atoms with Crippen LogP contribution in [0.4, 0.5) is 0 Å². The van der Waals surface area contributed by atoms with Crippen molar-refractivity contribution in [3.63, 3.8) is 0 Å². The van der Waals surface area contributed by atoms with Crippen molar-refractivity contribution >= 4 is 11.6 Å². The average Bonchev–Trinajstić information content (AvgIpc) is 2.78. The number of rotatable bonds is 4. The molecule has 1 amide bonds. The van der Waals surface area contributed by atoms with Crippen LogP contribution in [0.15, 0.2) is 24.5 Å². The van der Waals surface area contributed by atoms with E-state index in [0.717, 1.165) is 11.2 Å². The number of aliphatic hydroxyl groups is 1. The van der Waals surface area contributed by atoms with Gasteiger partial charge >= 0.3 is 0 Å². The maximum Gasteiger partial charge on any atom is 0.270 e. The smallest absolute Gasteiger partial charge is 0.270 e. The maximum absolute atomic E-state index is 12.0. The third-order valence-corrected chi connectivity index (χ3v) is 2.99. The summed E-state index contributed by atoms with van der Waals surface area (Å²) in [6.07, 6.45) is 2.93. The molecule has 1 atom stereocenters. The average molecular weight is 261 g/mol. The van der Waals surface area contributed by atoms with Gasteiger partial charge in [0.15, 0.2) is 0 Å². The van der Waals surface area contributed by atoms with Crippen molar-refractivity contribution in [2.24, 2.45) is 0 Å². The molecule has 2 N–H and O–H groups in total. The van der Waals surface area contributed by atoms with Gasteiger partial charge < -0.3 is 10.4 Å². The molecule has 5 nitrogen and oxygen atoms in total. The van der Waals surface area contributed by atoms with Gasteiger partial charge in [0.05, 0.1) is 12.3 Å². The highest BCUT2D eigenvalue weighted by molar-refractivity contribution is 5.93. The number of nitrogens with one attached hydrogen (secondary N) is 1. The van der Waals surface area contributed by atoms with Crippen LogP contribution in [0.3, 0.4) is 0 Å². The SMILES string of the molecule is CC(O)CNC(=O)c1cnc2ccc(C(C)C)cn12.